The molecule has 1 fully saturated rings. The fourth-order valence-electron chi connectivity index (χ4n) is 3.59. The van der Waals surface area contributed by atoms with Crippen LogP contribution in [0, 0.1) is 11.7 Å². The number of fused-ring (bicyclic) bond motifs is 2. The van der Waals surface area contributed by atoms with E-state index in [9.17, 15) is 13.6 Å². The van der Waals surface area contributed by atoms with Crippen LogP contribution in [0.25, 0.3) is 27.7 Å². The third kappa shape index (κ3) is 3.01. The molecule has 1 aromatic carbocycles. The number of aromatic amines is 1. The summed E-state index contributed by atoms with van der Waals surface area (Å²) in [6.07, 6.45) is 4.09. The summed E-state index contributed by atoms with van der Waals surface area (Å²) >= 11 is 6.40. The van der Waals surface area contributed by atoms with Crippen molar-refractivity contribution >= 4 is 39.9 Å². The number of rotatable bonds is 5. The van der Waals surface area contributed by atoms with Crippen molar-refractivity contribution in [3.05, 3.63) is 47.1 Å². The predicted molar refractivity (Wildman–Crippen MR) is 108 cm³/mol. The molecule has 1 amide bonds. The number of pyridine rings is 1. The molecule has 7 nitrogen and oxygen atoms in total. The third-order valence-corrected chi connectivity index (χ3v) is 5.57. The van der Waals surface area contributed by atoms with Gasteiger partial charge in [-0.05, 0) is 18.6 Å². The number of hydrogen-bond acceptors (Lipinski definition) is 4. The lowest BCUT2D eigenvalue weighted by Crippen LogP contribution is -2.15. The molecule has 0 spiro atoms. The molecule has 5 rings (SSSR count). The van der Waals surface area contributed by atoms with Gasteiger partial charge in [-0.3, -0.25) is 9.89 Å². The zero-order valence-electron chi connectivity index (χ0n) is 15.7. The molecule has 30 heavy (non-hydrogen) atoms. The molecule has 154 valence electrons. The van der Waals surface area contributed by atoms with Gasteiger partial charge in [-0.2, -0.15) is 5.10 Å². The molecular weight excluding hydrogens is 416 g/mol. The van der Waals surface area contributed by atoms with Crippen molar-refractivity contribution in [3.63, 3.8) is 0 Å². The molecule has 0 aliphatic heterocycles. The van der Waals surface area contributed by atoms with Gasteiger partial charge < -0.3 is 14.5 Å². The second kappa shape index (κ2) is 7.03. The van der Waals surface area contributed by atoms with Crippen molar-refractivity contribution in [1.82, 2.24) is 19.6 Å². The number of H-pyrrole nitrogens is 1. The maximum Gasteiger partial charge on any atom is 0.231 e. The molecule has 3 heterocycles. The first kappa shape index (κ1) is 19.0. The summed E-state index contributed by atoms with van der Waals surface area (Å²) in [5.74, 6) is -1.25. The van der Waals surface area contributed by atoms with Crippen molar-refractivity contribution < 1.29 is 18.3 Å². The van der Waals surface area contributed by atoms with Gasteiger partial charge >= 0.3 is 0 Å². The number of aromatic nitrogens is 4. The van der Waals surface area contributed by atoms with Crippen LogP contribution >= 0.6 is 11.6 Å². The molecule has 1 saturated carbocycles. The fraction of sp³-hybridized carbons (Fsp3) is 0.250. The lowest BCUT2D eigenvalue weighted by Gasteiger charge is -2.12. The van der Waals surface area contributed by atoms with Crippen molar-refractivity contribution in [2.24, 2.45) is 5.92 Å². The summed E-state index contributed by atoms with van der Waals surface area (Å²) in [5, 5.41) is 10.1. The number of carbonyl (C=O) groups excluding carboxylic acids is 1. The smallest absolute Gasteiger partial charge is 0.231 e. The van der Waals surface area contributed by atoms with Gasteiger partial charge in [0.05, 0.1) is 35.5 Å². The molecule has 0 bridgehead atoms. The average molecular weight is 432 g/mol. The van der Waals surface area contributed by atoms with Crippen molar-refractivity contribution in [2.75, 3.05) is 12.4 Å². The zero-order valence-corrected chi connectivity index (χ0v) is 16.5. The van der Waals surface area contributed by atoms with Crippen LogP contribution in [-0.4, -0.2) is 38.8 Å². The number of methoxy groups -OCH3 is 1. The largest absolute Gasteiger partial charge is 0.380 e. The van der Waals surface area contributed by atoms with Gasteiger partial charge in [0.2, 0.25) is 5.91 Å². The van der Waals surface area contributed by atoms with Crippen LogP contribution in [0.1, 0.15) is 12.0 Å². The molecule has 0 radical (unpaired) electrons. The highest BCUT2D eigenvalue weighted by atomic mass is 35.5. The third-order valence-electron chi connectivity index (χ3n) is 5.22. The van der Waals surface area contributed by atoms with Gasteiger partial charge in [0.1, 0.15) is 17.6 Å². The number of benzene rings is 1. The molecule has 4 aromatic rings. The van der Waals surface area contributed by atoms with Gasteiger partial charge in [0, 0.05) is 35.4 Å². The van der Waals surface area contributed by atoms with E-state index in [0.717, 1.165) is 0 Å². The molecular formula is C20H16ClF2N5O2. The molecule has 3 aromatic heterocycles. The minimum atomic E-state index is -1.08. The molecule has 2 N–H and O–H groups in total. The first-order valence-corrected chi connectivity index (χ1v) is 9.61. The van der Waals surface area contributed by atoms with Crippen LogP contribution in [0.4, 0.5) is 14.6 Å². The van der Waals surface area contributed by atoms with E-state index in [1.165, 1.54) is 7.11 Å². The number of halogens is 3. The van der Waals surface area contributed by atoms with Crippen LogP contribution < -0.4 is 5.32 Å². The second-order valence-electron chi connectivity index (χ2n) is 7.23. The van der Waals surface area contributed by atoms with E-state index < -0.39 is 17.9 Å². The van der Waals surface area contributed by atoms with Gasteiger partial charge in [0.25, 0.3) is 0 Å². The Kier molecular flexibility index (Phi) is 4.44. The van der Waals surface area contributed by atoms with Crippen LogP contribution in [-0.2, 0) is 16.1 Å². The van der Waals surface area contributed by atoms with Crippen LogP contribution in [0.5, 0.6) is 0 Å². The van der Waals surface area contributed by atoms with Crippen molar-refractivity contribution in [3.8, 4) is 11.1 Å². The first-order chi connectivity index (χ1) is 14.5. The van der Waals surface area contributed by atoms with E-state index in [1.54, 1.807) is 35.1 Å². The van der Waals surface area contributed by atoms with E-state index in [-0.39, 0.29) is 24.0 Å². The summed E-state index contributed by atoms with van der Waals surface area (Å²) in [7, 11) is 1.48. The number of alkyl halides is 1. The Morgan fingerprint density at radius 3 is 2.97 bits per heavy atom. The zero-order chi connectivity index (χ0) is 21.0. The van der Waals surface area contributed by atoms with E-state index in [1.807, 2.05) is 0 Å². The van der Waals surface area contributed by atoms with Gasteiger partial charge in [0.15, 0.2) is 5.82 Å². The number of amides is 1. The highest BCUT2D eigenvalue weighted by Gasteiger charge is 2.43. The van der Waals surface area contributed by atoms with E-state index in [0.29, 0.717) is 39.1 Å². The Balaban J connectivity index is 1.57. The number of ether oxygens (including phenoxy) is 1. The topological polar surface area (TPSA) is 84.3 Å². The summed E-state index contributed by atoms with van der Waals surface area (Å²) in [4.78, 5) is 16.3. The van der Waals surface area contributed by atoms with E-state index in [4.69, 9.17) is 16.3 Å². The standard InChI is InChI=1S/C20H16ClF2N5O2/c1-30-8-12-18(23)17(21)16(11-5-24-27-19(11)12)9-2-3-15-25-14(7-28(15)6-9)26-20(29)10-4-13(10)22/h2-3,5-7,10,13H,4,8H2,1H3,(H,24,27)(H,26,29). The van der Waals surface area contributed by atoms with Gasteiger partial charge in [-0.25, -0.2) is 13.8 Å². The van der Waals surface area contributed by atoms with E-state index >= 15 is 0 Å². The first-order valence-electron chi connectivity index (χ1n) is 9.24. The highest BCUT2D eigenvalue weighted by Crippen LogP contribution is 2.39. The molecule has 1 aliphatic rings. The molecule has 1 aliphatic carbocycles. The minimum Gasteiger partial charge on any atom is -0.380 e. The van der Waals surface area contributed by atoms with Crippen LogP contribution in [0.2, 0.25) is 5.02 Å². The van der Waals surface area contributed by atoms with Gasteiger partial charge in [-0.1, -0.05) is 11.6 Å². The quantitative estimate of drug-likeness (QED) is 0.498. The lowest BCUT2D eigenvalue weighted by molar-refractivity contribution is -0.117. The summed E-state index contributed by atoms with van der Waals surface area (Å²) in [5.41, 5.74) is 2.51. The van der Waals surface area contributed by atoms with Crippen molar-refractivity contribution in [2.45, 2.75) is 19.2 Å². The SMILES string of the molecule is COCc1c(F)c(Cl)c(-c2ccc3nc(NC(=O)C4CC4F)cn3c2)c2cn[nH]c12. The Morgan fingerprint density at radius 1 is 1.43 bits per heavy atom. The summed E-state index contributed by atoms with van der Waals surface area (Å²) in [6, 6.07) is 3.48. The van der Waals surface area contributed by atoms with Crippen molar-refractivity contribution in [1.29, 1.82) is 0 Å². The van der Waals surface area contributed by atoms with Crippen LogP contribution in [0.15, 0.2) is 30.7 Å². The average Bonchev–Trinajstić information content (AvgIpc) is 3.11. The number of nitrogens with one attached hydrogen (secondary N) is 2. The number of imidazole rings is 1. The monoisotopic (exact) mass is 431 g/mol. The minimum absolute atomic E-state index is 0.0355. The second-order valence-corrected chi connectivity index (χ2v) is 7.61. The maximum absolute atomic E-state index is 15.0. The Morgan fingerprint density at radius 2 is 2.23 bits per heavy atom. The fourth-order valence-corrected chi connectivity index (χ4v) is 3.92. The summed E-state index contributed by atoms with van der Waals surface area (Å²) < 4.78 is 34.8. The molecule has 2 unspecified atom stereocenters. The summed E-state index contributed by atoms with van der Waals surface area (Å²) in [6.45, 7) is 0.0505. The number of carbonyl (C=O) groups is 1. The van der Waals surface area contributed by atoms with Gasteiger partial charge in [-0.15, -0.1) is 0 Å². The van der Waals surface area contributed by atoms with Crippen LogP contribution in [0.3, 0.4) is 0 Å². The Labute approximate surface area is 174 Å². The number of hydrogen-bond donors (Lipinski definition) is 2. The van der Waals surface area contributed by atoms with E-state index in [2.05, 4.69) is 20.5 Å². The lowest BCUT2D eigenvalue weighted by atomic mass is 10.00. The molecule has 10 heteroatoms. The normalized spacial score (nSPS) is 18.3. The highest BCUT2D eigenvalue weighted by molar-refractivity contribution is 6.35. The molecule has 0 saturated heterocycles. The Bertz CT molecular complexity index is 1300. The number of anilines is 1. The Hall–Kier alpha value is -3.04. The predicted octanol–water partition coefficient (Wildman–Crippen LogP) is 4.11. The number of nitrogens with zero attached hydrogens (tertiary/aromatic N) is 3. The molecule has 2 atom stereocenters. The maximum atomic E-state index is 15.0.